The van der Waals surface area contributed by atoms with Crippen LogP contribution in [0, 0.1) is 5.92 Å². The van der Waals surface area contributed by atoms with Gasteiger partial charge in [-0.2, -0.15) is 11.8 Å². The molecule has 3 rings (SSSR count). The van der Waals surface area contributed by atoms with E-state index in [-0.39, 0.29) is 0 Å². The molecule has 98 valence electrons. The number of rotatable bonds is 3. The maximum absolute atomic E-state index is 9.48. The molecular formula is C15H21NOS. The average molecular weight is 263 g/mol. The number of aryl methyl sites for hydroxylation is 1. The van der Waals surface area contributed by atoms with Crippen LogP contribution < -0.4 is 5.32 Å². The minimum absolute atomic E-state index is 0.406. The molecule has 1 fully saturated rings. The van der Waals surface area contributed by atoms with Gasteiger partial charge in [-0.15, -0.1) is 0 Å². The standard InChI is InChI=1S/C15H21NOS/c17-15-4-2-12-7-14(3-1-13(12)8-15)16-9-11-5-6-18-10-11/h2,4,8,11,14,16-17H,1,3,5-7,9-10H2. The zero-order valence-corrected chi connectivity index (χ0v) is 11.5. The molecule has 18 heavy (non-hydrogen) atoms. The first kappa shape index (κ1) is 12.4. The summed E-state index contributed by atoms with van der Waals surface area (Å²) in [6, 6.07) is 6.46. The van der Waals surface area contributed by atoms with Crippen molar-refractivity contribution in [3.8, 4) is 5.75 Å². The molecule has 2 unspecified atom stereocenters. The van der Waals surface area contributed by atoms with Gasteiger partial charge >= 0.3 is 0 Å². The summed E-state index contributed by atoms with van der Waals surface area (Å²) in [5.74, 6) is 3.97. The van der Waals surface area contributed by atoms with E-state index < -0.39 is 0 Å². The normalized spacial score (nSPS) is 27.1. The highest BCUT2D eigenvalue weighted by atomic mass is 32.2. The summed E-state index contributed by atoms with van der Waals surface area (Å²) < 4.78 is 0. The number of aromatic hydroxyl groups is 1. The molecular weight excluding hydrogens is 242 g/mol. The van der Waals surface area contributed by atoms with Gasteiger partial charge in [0.2, 0.25) is 0 Å². The van der Waals surface area contributed by atoms with Gasteiger partial charge in [0.25, 0.3) is 0 Å². The quantitative estimate of drug-likeness (QED) is 0.879. The number of hydrogen-bond acceptors (Lipinski definition) is 3. The predicted octanol–water partition coefficient (Wildman–Crippen LogP) is 2.59. The highest BCUT2D eigenvalue weighted by Gasteiger charge is 2.21. The number of phenolic OH excluding ortho intramolecular Hbond substituents is 1. The highest BCUT2D eigenvalue weighted by Crippen LogP contribution is 2.26. The summed E-state index contributed by atoms with van der Waals surface area (Å²) in [5.41, 5.74) is 2.75. The first-order valence-electron chi connectivity index (χ1n) is 6.93. The summed E-state index contributed by atoms with van der Waals surface area (Å²) in [5, 5.41) is 13.2. The Morgan fingerprint density at radius 2 is 2.22 bits per heavy atom. The lowest BCUT2D eigenvalue weighted by molar-refractivity contribution is 0.414. The lowest BCUT2D eigenvalue weighted by Crippen LogP contribution is -2.37. The van der Waals surface area contributed by atoms with Gasteiger partial charge in [-0.1, -0.05) is 6.07 Å². The van der Waals surface area contributed by atoms with Crippen LogP contribution in [0.25, 0.3) is 0 Å². The fourth-order valence-electron chi connectivity index (χ4n) is 2.99. The van der Waals surface area contributed by atoms with Crippen LogP contribution in [0.15, 0.2) is 18.2 Å². The van der Waals surface area contributed by atoms with Crippen molar-refractivity contribution in [1.29, 1.82) is 0 Å². The third kappa shape index (κ3) is 2.83. The molecule has 1 heterocycles. The number of hydrogen-bond donors (Lipinski definition) is 2. The summed E-state index contributed by atoms with van der Waals surface area (Å²) in [4.78, 5) is 0. The van der Waals surface area contributed by atoms with Crippen LogP contribution in [0.2, 0.25) is 0 Å². The van der Waals surface area contributed by atoms with Gasteiger partial charge in [-0.25, -0.2) is 0 Å². The molecule has 2 aliphatic rings. The van der Waals surface area contributed by atoms with Crippen molar-refractivity contribution in [2.75, 3.05) is 18.1 Å². The second-order valence-electron chi connectivity index (χ2n) is 5.53. The van der Waals surface area contributed by atoms with Gasteiger partial charge < -0.3 is 10.4 Å². The Hall–Kier alpha value is -0.670. The maximum Gasteiger partial charge on any atom is 0.115 e. The zero-order chi connectivity index (χ0) is 12.4. The first-order chi connectivity index (χ1) is 8.81. The van der Waals surface area contributed by atoms with Gasteiger partial charge in [0.1, 0.15) is 5.75 Å². The molecule has 3 heteroatoms. The molecule has 1 saturated heterocycles. The molecule has 0 saturated carbocycles. The molecule has 0 spiro atoms. The predicted molar refractivity (Wildman–Crippen MR) is 77.4 cm³/mol. The molecule has 2 N–H and O–H groups in total. The van der Waals surface area contributed by atoms with Crippen molar-refractivity contribution < 1.29 is 5.11 Å². The molecule has 2 nitrogen and oxygen atoms in total. The molecule has 1 aliphatic heterocycles. The van der Waals surface area contributed by atoms with Gasteiger partial charge in [-0.3, -0.25) is 0 Å². The Morgan fingerprint density at radius 3 is 3.06 bits per heavy atom. The van der Waals surface area contributed by atoms with Crippen LogP contribution in [-0.2, 0) is 12.8 Å². The van der Waals surface area contributed by atoms with Crippen LogP contribution in [0.3, 0.4) is 0 Å². The summed E-state index contributed by atoms with van der Waals surface area (Å²) in [6.07, 6.45) is 4.81. The fourth-order valence-corrected chi connectivity index (χ4v) is 4.28. The number of phenols is 1. The molecule has 0 aromatic heterocycles. The van der Waals surface area contributed by atoms with Gasteiger partial charge in [0, 0.05) is 6.04 Å². The van der Waals surface area contributed by atoms with Crippen LogP contribution in [0.5, 0.6) is 5.75 Å². The molecule has 1 aromatic rings. The second-order valence-corrected chi connectivity index (χ2v) is 6.68. The largest absolute Gasteiger partial charge is 0.508 e. The van der Waals surface area contributed by atoms with E-state index >= 15 is 0 Å². The first-order valence-corrected chi connectivity index (χ1v) is 8.08. The number of benzene rings is 1. The smallest absolute Gasteiger partial charge is 0.115 e. The summed E-state index contributed by atoms with van der Waals surface area (Å²) >= 11 is 2.09. The summed E-state index contributed by atoms with van der Waals surface area (Å²) in [7, 11) is 0. The molecule has 1 aliphatic carbocycles. The van der Waals surface area contributed by atoms with E-state index in [1.54, 1.807) is 0 Å². The Balaban J connectivity index is 1.55. The Kier molecular flexibility index (Phi) is 3.80. The Bertz CT molecular complexity index is 415. The van der Waals surface area contributed by atoms with E-state index in [4.69, 9.17) is 0 Å². The van der Waals surface area contributed by atoms with Crippen LogP contribution in [0.1, 0.15) is 24.0 Å². The van der Waals surface area contributed by atoms with Gasteiger partial charge in [0.05, 0.1) is 0 Å². The fraction of sp³-hybridized carbons (Fsp3) is 0.600. The number of fused-ring (bicyclic) bond motifs is 1. The topological polar surface area (TPSA) is 32.3 Å². The molecule has 0 amide bonds. The van der Waals surface area contributed by atoms with Crippen molar-refractivity contribution >= 4 is 11.8 Å². The maximum atomic E-state index is 9.48. The lowest BCUT2D eigenvalue weighted by Gasteiger charge is -2.26. The van der Waals surface area contributed by atoms with Crippen molar-refractivity contribution in [3.05, 3.63) is 29.3 Å². The Labute approximate surface area is 113 Å². The van der Waals surface area contributed by atoms with Crippen molar-refractivity contribution in [2.24, 2.45) is 5.92 Å². The minimum atomic E-state index is 0.406. The second kappa shape index (κ2) is 5.54. The molecule has 0 bridgehead atoms. The van der Waals surface area contributed by atoms with Crippen molar-refractivity contribution in [1.82, 2.24) is 5.32 Å². The third-order valence-corrected chi connectivity index (χ3v) is 5.37. The van der Waals surface area contributed by atoms with Crippen molar-refractivity contribution in [2.45, 2.75) is 31.7 Å². The van der Waals surface area contributed by atoms with E-state index in [2.05, 4.69) is 23.1 Å². The molecule has 0 radical (unpaired) electrons. The van der Waals surface area contributed by atoms with Crippen LogP contribution >= 0.6 is 11.8 Å². The van der Waals surface area contributed by atoms with E-state index in [1.165, 1.54) is 42.0 Å². The highest BCUT2D eigenvalue weighted by molar-refractivity contribution is 7.99. The Morgan fingerprint density at radius 1 is 1.28 bits per heavy atom. The van der Waals surface area contributed by atoms with E-state index in [9.17, 15) is 5.11 Å². The SMILES string of the molecule is Oc1ccc2c(c1)CCC(NCC1CCSC1)C2. The van der Waals surface area contributed by atoms with Crippen molar-refractivity contribution in [3.63, 3.8) is 0 Å². The third-order valence-electron chi connectivity index (χ3n) is 4.14. The number of thioether (sulfide) groups is 1. The van der Waals surface area contributed by atoms with E-state index in [0.717, 1.165) is 18.8 Å². The molecule has 2 atom stereocenters. The van der Waals surface area contributed by atoms with Gasteiger partial charge in [0.15, 0.2) is 0 Å². The average Bonchev–Trinajstić information content (AvgIpc) is 2.89. The number of nitrogens with one attached hydrogen (secondary N) is 1. The van der Waals surface area contributed by atoms with Crippen LogP contribution in [0.4, 0.5) is 0 Å². The molecule has 1 aromatic carbocycles. The minimum Gasteiger partial charge on any atom is -0.508 e. The van der Waals surface area contributed by atoms with Crippen LogP contribution in [-0.4, -0.2) is 29.2 Å². The van der Waals surface area contributed by atoms with Gasteiger partial charge in [-0.05, 0) is 72.9 Å². The van der Waals surface area contributed by atoms with E-state index in [1.807, 2.05) is 12.1 Å². The monoisotopic (exact) mass is 263 g/mol. The zero-order valence-electron chi connectivity index (χ0n) is 10.7. The van der Waals surface area contributed by atoms with E-state index in [0.29, 0.717) is 11.8 Å². The summed E-state index contributed by atoms with van der Waals surface area (Å²) in [6.45, 7) is 1.19. The lowest BCUT2D eigenvalue weighted by atomic mass is 9.88.